The third-order valence-electron chi connectivity index (χ3n) is 4.00. The van der Waals surface area contributed by atoms with Crippen molar-refractivity contribution < 1.29 is 24.2 Å². The largest absolute Gasteiger partial charge is 0.480 e. The zero-order valence-corrected chi connectivity index (χ0v) is 11.5. The van der Waals surface area contributed by atoms with E-state index in [1.54, 1.807) is 0 Å². The van der Waals surface area contributed by atoms with E-state index >= 15 is 0 Å². The summed E-state index contributed by atoms with van der Waals surface area (Å²) in [5.74, 6) is -0.591. The molecule has 0 aromatic rings. The second-order valence-electron chi connectivity index (χ2n) is 5.39. The van der Waals surface area contributed by atoms with Crippen LogP contribution in [0.15, 0.2) is 0 Å². The predicted octanol–water partition coefficient (Wildman–Crippen LogP) is 0.346. The van der Waals surface area contributed by atoms with E-state index in [4.69, 9.17) is 9.47 Å². The first-order chi connectivity index (χ1) is 9.62. The number of rotatable bonds is 4. The molecule has 2 rings (SSSR count). The van der Waals surface area contributed by atoms with E-state index < -0.39 is 17.5 Å². The second kappa shape index (κ2) is 6.90. The predicted molar refractivity (Wildman–Crippen MR) is 70.5 cm³/mol. The summed E-state index contributed by atoms with van der Waals surface area (Å²) in [7, 11) is 0. The lowest BCUT2D eigenvalue weighted by atomic mass is 9.90. The fourth-order valence-corrected chi connectivity index (χ4v) is 2.56. The Morgan fingerprint density at radius 1 is 1.10 bits per heavy atom. The molecule has 7 nitrogen and oxygen atoms in total. The second-order valence-corrected chi connectivity index (χ2v) is 5.39. The number of amides is 2. The molecule has 0 aliphatic carbocycles. The molecule has 2 aliphatic heterocycles. The van der Waals surface area contributed by atoms with Crippen LogP contribution in [-0.4, -0.2) is 55.6 Å². The number of urea groups is 1. The zero-order valence-electron chi connectivity index (χ0n) is 11.5. The molecule has 2 heterocycles. The molecule has 0 aromatic carbocycles. The smallest absolute Gasteiger partial charge is 0.329 e. The molecule has 3 N–H and O–H groups in total. The highest BCUT2D eigenvalue weighted by atomic mass is 16.5. The highest BCUT2D eigenvalue weighted by Gasteiger charge is 2.41. The van der Waals surface area contributed by atoms with Gasteiger partial charge in [-0.15, -0.1) is 0 Å². The van der Waals surface area contributed by atoms with Gasteiger partial charge in [0.05, 0.1) is 0 Å². The molecular formula is C13H22N2O5. The van der Waals surface area contributed by atoms with Crippen molar-refractivity contribution in [1.82, 2.24) is 10.6 Å². The molecule has 0 radical (unpaired) electrons. The average molecular weight is 286 g/mol. The maximum Gasteiger partial charge on any atom is 0.329 e. The van der Waals surface area contributed by atoms with Crippen molar-refractivity contribution in [3.05, 3.63) is 0 Å². The minimum atomic E-state index is -1.20. The van der Waals surface area contributed by atoms with Gasteiger partial charge >= 0.3 is 12.0 Å². The highest BCUT2D eigenvalue weighted by Crippen LogP contribution is 2.21. The summed E-state index contributed by atoms with van der Waals surface area (Å²) in [5.41, 5.74) is -1.20. The summed E-state index contributed by atoms with van der Waals surface area (Å²) < 4.78 is 10.4. The topological polar surface area (TPSA) is 96.9 Å². The Morgan fingerprint density at radius 2 is 1.70 bits per heavy atom. The van der Waals surface area contributed by atoms with Crippen molar-refractivity contribution in [2.24, 2.45) is 5.92 Å². The summed E-state index contributed by atoms with van der Waals surface area (Å²) >= 11 is 0. The molecule has 7 heteroatoms. The van der Waals surface area contributed by atoms with E-state index in [2.05, 4.69) is 10.6 Å². The molecule has 0 bridgehead atoms. The van der Waals surface area contributed by atoms with Gasteiger partial charge in [0.15, 0.2) is 0 Å². The lowest BCUT2D eigenvalue weighted by Gasteiger charge is -2.34. The number of carboxylic acid groups (broad SMARTS) is 1. The molecule has 20 heavy (non-hydrogen) atoms. The Bertz CT molecular complexity index is 349. The fourth-order valence-electron chi connectivity index (χ4n) is 2.56. The first-order valence-corrected chi connectivity index (χ1v) is 7.07. The Labute approximate surface area is 118 Å². The third-order valence-corrected chi connectivity index (χ3v) is 4.00. The molecular weight excluding hydrogens is 264 g/mol. The van der Waals surface area contributed by atoms with E-state index in [0.29, 0.717) is 38.5 Å². The van der Waals surface area contributed by atoms with Crippen LogP contribution in [-0.2, 0) is 14.3 Å². The van der Waals surface area contributed by atoms with E-state index in [9.17, 15) is 14.7 Å². The van der Waals surface area contributed by atoms with Crippen LogP contribution in [0.4, 0.5) is 4.79 Å². The number of nitrogens with one attached hydrogen (secondary N) is 2. The molecule has 114 valence electrons. The highest BCUT2D eigenvalue weighted by molar-refractivity contribution is 5.86. The van der Waals surface area contributed by atoms with Crippen LogP contribution in [0.25, 0.3) is 0 Å². The van der Waals surface area contributed by atoms with E-state index in [1.165, 1.54) is 0 Å². The van der Waals surface area contributed by atoms with Gasteiger partial charge in [0.1, 0.15) is 5.54 Å². The van der Waals surface area contributed by atoms with Gasteiger partial charge in [0.25, 0.3) is 0 Å². The van der Waals surface area contributed by atoms with Crippen LogP contribution in [0.1, 0.15) is 25.7 Å². The molecule has 2 saturated heterocycles. The Morgan fingerprint density at radius 3 is 2.30 bits per heavy atom. The van der Waals surface area contributed by atoms with Gasteiger partial charge in [-0.1, -0.05) is 0 Å². The van der Waals surface area contributed by atoms with E-state index in [1.807, 2.05) is 0 Å². The van der Waals surface area contributed by atoms with E-state index in [-0.39, 0.29) is 0 Å². The maximum absolute atomic E-state index is 11.9. The van der Waals surface area contributed by atoms with Crippen molar-refractivity contribution in [2.45, 2.75) is 31.2 Å². The fraction of sp³-hybridized carbons (Fsp3) is 0.846. The van der Waals surface area contributed by atoms with Crippen LogP contribution >= 0.6 is 0 Å². The van der Waals surface area contributed by atoms with Gasteiger partial charge in [0.2, 0.25) is 0 Å². The number of carboxylic acids is 1. The van der Waals surface area contributed by atoms with Gasteiger partial charge < -0.3 is 25.2 Å². The Kier molecular flexibility index (Phi) is 5.19. The van der Waals surface area contributed by atoms with Crippen LogP contribution in [0, 0.1) is 5.92 Å². The Hall–Kier alpha value is -1.34. The quantitative estimate of drug-likeness (QED) is 0.692. The van der Waals surface area contributed by atoms with Crippen LogP contribution < -0.4 is 10.6 Å². The number of hydrogen-bond donors (Lipinski definition) is 3. The zero-order chi connectivity index (χ0) is 14.4. The van der Waals surface area contributed by atoms with Crippen molar-refractivity contribution >= 4 is 12.0 Å². The molecule has 0 saturated carbocycles. The van der Waals surface area contributed by atoms with Crippen molar-refractivity contribution in [1.29, 1.82) is 0 Å². The molecule has 2 amide bonds. The molecule has 0 aromatic heterocycles. The van der Waals surface area contributed by atoms with Gasteiger partial charge in [0, 0.05) is 45.8 Å². The minimum absolute atomic E-state index is 0.299. The summed E-state index contributed by atoms with van der Waals surface area (Å²) in [4.78, 5) is 23.3. The summed E-state index contributed by atoms with van der Waals surface area (Å²) in [6.45, 7) is 2.72. The first-order valence-electron chi connectivity index (χ1n) is 7.07. The number of hydrogen-bond acceptors (Lipinski definition) is 4. The minimum Gasteiger partial charge on any atom is -0.480 e. The average Bonchev–Trinajstić information content (AvgIpc) is 2.47. The molecule has 2 fully saturated rings. The maximum atomic E-state index is 11.9. The normalized spacial score (nSPS) is 23.0. The Balaban J connectivity index is 1.80. The van der Waals surface area contributed by atoms with Crippen LogP contribution in [0.3, 0.4) is 0 Å². The first kappa shape index (κ1) is 15.1. The summed E-state index contributed by atoms with van der Waals surface area (Å²) in [5, 5.41) is 14.7. The molecule has 0 spiro atoms. The van der Waals surface area contributed by atoms with Gasteiger partial charge in [-0.2, -0.15) is 0 Å². The number of aliphatic carboxylic acids is 1. The lowest BCUT2D eigenvalue weighted by molar-refractivity contribution is -0.148. The van der Waals surface area contributed by atoms with Crippen LogP contribution in [0.2, 0.25) is 0 Å². The standard InChI is InChI=1S/C13H22N2O5/c16-11(17)13(3-7-20-8-4-13)15-12(18)14-9-10-1-5-19-6-2-10/h10H,1-9H2,(H,16,17)(H2,14,15,18). The monoisotopic (exact) mass is 286 g/mol. The van der Waals surface area contributed by atoms with E-state index in [0.717, 1.165) is 26.1 Å². The molecule has 0 atom stereocenters. The van der Waals surface area contributed by atoms with Gasteiger partial charge in [-0.3, -0.25) is 0 Å². The number of ether oxygens (including phenoxy) is 2. The summed E-state index contributed by atoms with van der Waals surface area (Å²) in [6, 6.07) is -0.416. The summed E-state index contributed by atoms with van der Waals surface area (Å²) in [6.07, 6.45) is 2.45. The molecule has 2 aliphatic rings. The number of carbonyl (C=O) groups excluding carboxylic acids is 1. The van der Waals surface area contributed by atoms with Crippen molar-refractivity contribution in [3.8, 4) is 0 Å². The SMILES string of the molecule is O=C(NCC1CCOCC1)NC1(C(=O)O)CCOCC1. The lowest BCUT2D eigenvalue weighted by Crippen LogP contribution is -2.60. The number of carbonyl (C=O) groups is 2. The third kappa shape index (κ3) is 3.83. The van der Waals surface area contributed by atoms with Gasteiger partial charge in [-0.25, -0.2) is 9.59 Å². The van der Waals surface area contributed by atoms with Crippen LogP contribution in [0.5, 0.6) is 0 Å². The van der Waals surface area contributed by atoms with Crippen molar-refractivity contribution in [2.75, 3.05) is 33.0 Å². The van der Waals surface area contributed by atoms with Crippen molar-refractivity contribution in [3.63, 3.8) is 0 Å². The van der Waals surface area contributed by atoms with Gasteiger partial charge in [-0.05, 0) is 18.8 Å². The molecule has 0 unspecified atom stereocenters.